The summed E-state index contributed by atoms with van der Waals surface area (Å²) >= 11 is 4.06. The second-order valence-corrected chi connectivity index (χ2v) is 4.13. The molecule has 5 heteroatoms. The Kier molecular flexibility index (Phi) is 6.75. The summed E-state index contributed by atoms with van der Waals surface area (Å²) in [5.41, 5.74) is 1.06. The molecule has 0 heterocycles. The van der Waals surface area contributed by atoms with Crippen molar-refractivity contribution in [3.63, 3.8) is 0 Å². The second-order valence-electron chi connectivity index (χ2n) is 3.68. The number of methoxy groups -OCH3 is 2. The fourth-order valence-electron chi connectivity index (χ4n) is 1.52. The van der Waals surface area contributed by atoms with Gasteiger partial charge in [0.25, 0.3) is 0 Å². The summed E-state index contributed by atoms with van der Waals surface area (Å²) in [7, 11) is 3.22. The monoisotopic (exact) mass is 272 g/mol. The lowest BCUT2D eigenvalue weighted by atomic mass is 10.2. The molecular weight excluding hydrogens is 252 g/mol. The minimum atomic E-state index is 0.448. The number of rotatable bonds is 8. The molecule has 0 saturated heterocycles. The van der Waals surface area contributed by atoms with Crippen LogP contribution in [0.5, 0.6) is 17.2 Å². The van der Waals surface area contributed by atoms with Crippen molar-refractivity contribution in [3.05, 3.63) is 17.7 Å². The van der Waals surface area contributed by atoms with Crippen molar-refractivity contribution in [2.75, 3.05) is 39.8 Å². The molecular formula is C13H20O4S. The summed E-state index contributed by atoms with van der Waals surface area (Å²) in [5.74, 6) is 2.65. The highest BCUT2D eigenvalue weighted by molar-refractivity contribution is 7.80. The van der Waals surface area contributed by atoms with Crippen LogP contribution in [0.3, 0.4) is 0 Å². The predicted molar refractivity (Wildman–Crippen MR) is 74.5 cm³/mol. The highest BCUT2D eigenvalue weighted by Crippen LogP contribution is 2.38. The third-order valence-electron chi connectivity index (χ3n) is 2.31. The van der Waals surface area contributed by atoms with Gasteiger partial charge in [-0.1, -0.05) is 0 Å². The highest BCUT2D eigenvalue weighted by Gasteiger charge is 2.12. The zero-order valence-corrected chi connectivity index (χ0v) is 12.0. The summed E-state index contributed by atoms with van der Waals surface area (Å²) in [4.78, 5) is 0. The molecule has 0 bridgehead atoms. The largest absolute Gasteiger partial charge is 0.493 e. The normalized spacial score (nSPS) is 10.2. The minimum Gasteiger partial charge on any atom is -0.493 e. The molecule has 1 rings (SSSR count). The molecule has 0 aliphatic rings. The standard InChI is InChI=1S/C13H20O4S/c1-10-8-11(14-2)13(12(9-10)15-3)17-5-4-16-6-7-18/h8-9,18H,4-7H2,1-3H3. The molecule has 0 aliphatic carbocycles. The van der Waals surface area contributed by atoms with Crippen molar-refractivity contribution in [3.8, 4) is 17.2 Å². The van der Waals surface area contributed by atoms with Gasteiger partial charge in [0.1, 0.15) is 6.61 Å². The molecule has 0 radical (unpaired) electrons. The smallest absolute Gasteiger partial charge is 0.203 e. The van der Waals surface area contributed by atoms with E-state index in [0.29, 0.717) is 42.8 Å². The van der Waals surface area contributed by atoms with Gasteiger partial charge in [0.05, 0.1) is 27.4 Å². The molecule has 0 aromatic heterocycles. The first-order valence-corrected chi connectivity index (χ1v) is 6.40. The Labute approximate surface area is 114 Å². The van der Waals surface area contributed by atoms with Gasteiger partial charge in [-0.3, -0.25) is 0 Å². The molecule has 1 aromatic rings. The average molecular weight is 272 g/mol. The maximum Gasteiger partial charge on any atom is 0.203 e. The van der Waals surface area contributed by atoms with Crippen LogP contribution in [0.2, 0.25) is 0 Å². The van der Waals surface area contributed by atoms with Gasteiger partial charge < -0.3 is 18.9 Å². The van der Waals surface area contributed by atoms with Crippen molar-refractivity contribution in [1.29, 1.82) is 0 Å². The third-order valence-corrected chi connectivity index (χ3v) is 2.50. The van der Waals surface area contributed by atoms with E-state index in [1.54, 1.807) is 14.2 Å². The van der Waals surface area contributed by atoms with E-state index < -0.39 is 0 Å². The van der Waals surface area contributed by atoms with Gasteiger partial charge in [0.2, 0.25) is 5.75 Å². The summed E-state index contributed by atoms with van der Waals surface area (Å²) in [6, 6.07) is 3.82. The zero-order valence-electron chi connectivity index (χ0n) is 11.1. The van der Waals surface area contributed by atoms with Crippen molar-refractivity contribution in [2.45, 2.75) is 6.92 Å². The number of ether oxygens (including phenoxy) is 4. The van der Waals surface area contributed by atoms with Crippen LogP contribution >= 0.6 is 12.6 Å². The van der Waals surface area contributed by atoms with Crippen molar-refractivity contribution in [1.82, 2.24) is 0 Å². The molecule has 0 amide bonds. The summed E-state index contributed by atoms with van der Waals surface area (Å²) in [5, 5.41) is 0. The van der Waals surface area contributed by atoms with E-state index in [1.807, 2.05) is 19.1 Å². The molecule has 0 aliphatic heterocycles. The number of thiol groups is 1. The van der Waals surface area contributed by atoms with Crippen LogP contribution in [0, 0.1) is 6.92 Å². The lowest BCUT2D eigenvalue weighted by Gasteiger charge is -2.15. The van der Waals surface area contributed by atoms with Crippen LogP contribution in [0.1, 0.15) is 5.56 Å². The van der Waals surface area contributed by atoms with E-state index in [9.17, 15) is 0 Å². The molecule has 0 N–H and O–H groups in total. The average Bonchev–Trinajstić information content (AvgIpc) is 2.39. The van der Waals surface area contributed by atoms with E-state index >= 15 is 0 Å². The number of benzene rings is 1. The molecule has 0 spiro atoms. The van der Waals surface area contributed by atoms with E-state index in [-0.39, 0.29) is 0 Å². The lowest BCUT2D eigenvalue weighted by molar-refractivity contribution is 0.109. The van der Waals surface area contributed by atoms with Crippen LogP contribution in [0.4, 0.5) is 0 Å². The van der Waals surface area contributed by atoms with E-state index in [1.165, 1.54) is 0 Å². The first-order chi connectivity index (χ1) is 8.72. The SMILES string of the molecule is COc1cc(C)cc(OC)c1OCCOCCS. The number of hydrogen-bond donors (Lipinski definition) is 1. The number of aryl methyl sites for hydroxylation is 1. The van der Waals surface area contributed by atoms with Crippen molar-refractivity contribution in [2.24, 2.45) is 0 Å². The van der Waals surface area contributed by atoms with E-state index in [2.05, 4.69) is 12.6 Å². The van der Waals surface area contributed by atoms with Crippen LogP contribution < -0.4 is 14.2 Å². The second kappa shape index (κ2) is 8.11. The van der Waals surface area contributed by atoms with Crippen LogP contribution in [0.25, 0.3) is 0 Å². The van der Waals surface area contributed by atoms with Gasteiger partial charge in [-0.15, -0.1) is 0 Å². The summed E-state index contributed by atoms with van der Waals surface area (Å²) in [6.45, 7) is 3.56. The topological polar surface area (TPSA) is 36.9 Å². The number of hydrogen-bond acceptors (Lipinski definition) is 5. The molecule has 4 nitrogen and oxygen atoms in total. The Morgan fingerprint density at radius 2 is 1.61 bits per heavy atom. The van der Waals surface area contributed by atoms with Crippen LogP contribution in [0.15, 0.2) is 12.1 Å². The van der Waals surface area contributed by atoms with Gasteiger partial charge in [0, 0.05) is 5.75 Å². The van der Waals surface area contributed by atoms with E-state index in [0.717, 1.165) is 5.56 Å². The molecule has 0 saturated carbocycles. The Balaban J connectivity index is 2.67. The van der Waals surface area contributed by atoms with Gasteiger partial charge in [-0.05, 0) is 24.6 Å². The van der Waals surface area contributed by atoms with Crippen LogP contribution in [-0.4, -0.2) is 39.8 Å². The minimum absolute atomic E-state index is 0.448. The molecule has 0 unspecified atom stereocenters. The predicted octanol–water partition coefficient (Wildman–Crippen LogP) is 2.34. The van der Waals surface area contributed by atoms with E-state index in [4.69, 9.17) is 18.9 Å². The first-order valence-electron chi connectivity index (χ1n) is 5.77. The van der Waals surface area contributed by atoms with Gasteiger partial charge in [-0.25, -0.2) is 0 Å². The first kappa shape index (κ1) is 15.0. The Hall–Kier alpha value is -1.07. The van der Waals surface area contributed by atoms with Gasteiger partial charge >= 0.3 is 0 Å². The Bertz CT molecular complexity index is 343. The molecule has 0 atom stereocenters. The lowest BCUT2D eigenvalue weighted by Crippen LogP contribution is -2.09. The quantitative estimate of drug-likeness (QED) is 0.582. The highest BCUT2D eigenvalue weighted by atomic mass is 32.1. The molecule has 1 aromatic carbocycles. The zero-order chi connectivity index (χ0) is 13.4. The van der Waals surface area contributed by atoms with Gasteiger partial charge in [0.15, 0.2) is 11.5 Å². The van der Waals surface area contributed by atoms with Crippen molar-refractivity contribution < 1.29 is 18.9 Å². The summed E-state index contributed by atoms with van der Waals surface area (Å²) < 4.78 is 21.5. The molecule has 18 heavy (non-hydrogen) atoms. The Morgan fingerprint density at radius 1 is 1.00 bits per heavy atom. The molecule has 102 valence electrons. The third kappa shape index (κ3) is 4.31. The fourth-order valence-corrected chi connectivity index (χ4v) is 1.65. The summed E-state index contributed by atoms with van der Waals surface area (Å²) in [6.07, 6.45) is 0. The Morgan fingerprint density at radius 3 is 2.11 bits per heavy atom. The maximum absolute atomic E-state index is 5.65. The van der Waals surface area contributed by atoms with Crippen molar-refractivity contribution >= 4 is 12.6 Å². The van der Waals surface area contributed by atoms with Crippen LogP contribution in [-0.2, 0) is 4.74 Å². The van der Waals surface area contributed by atoms with Gasteiger partial charge in [-0.2, -0.15) is 12.6 Å². The maximum atomic E-state index is 5.65. The fraction of sp³-hybridized carbons (Fsp3) is 0.538. The molecule has 0 fully saturated rings.